The summed E-state index contributed by atoms with van der Waals surface area (Å²) < 4.78 is 43.1. The van der Waals surface area contributed by atoms with Crippen LogP contribution in [0.1, 0.15) is 38.3 Å². The molecule has 5 unspecified atom stereocenters. The molecule has 0 saturated carbocycles. The third-order valence-electron chi connectivity index (χ3n) is 20.1. The Labute approximate surface area is 677 Å². The molecule has 11 N–H and O–H groups in total. The molecule has 36 heteroatoms. The zero-order chi connectivity index (χ0) is 85.8. The minimum absolute atomic E-state index is 0.0643. The van der Waals surface area contributed by atoms with Gasteiger partial charge >= 0.3 is 5.69 Å². The Balaban J connectivity index is 0.000000222. The maximum atomic E-state index is 12.2. The molecule has 0 radical (unpaired) electrons. The largest absolute Gasteiger partial charge is 0.388 e. The molecular weight excluding hydrogens is 1560 g/mol. The Bertz CT molecular complexity index is 4150. The molecule has 114 heavy (non-hydrogen) atoms. The van der Waals surface area contributed by atoms with Gasteiger partial charge < -0.3 is 114 Å². The van der Waals surface area contributed by atoms with Crippen LogP contribution >= 0.6 is 34.4 Å². The Morgan fingerprint density at radius 1 is 0.465 bits per heavy atom. The van der Waals surface area contributed by atoms with Crippen LogP contribution in [0, 0.1) is 5.41 Å². The van der Waals surface area contributed by atoms with Crippen molar-refractivity contribution >= 4 is 89.3 Å². The van der Waals surface area contributed by atoms with Crippen LogP contribution in [0.4, 0.5) is 0 Å². The molecule has 0 bridgehead atoms. The smallest absolute Gasteiger partial charge is 0.331 e. The second-order valence-electron chi connectivity index (χ2n) is 33.7. The molecule has 31 nitrogen and oxygen atoms in total. The Hall–Kier alpha value is -5.42. The molecule has 9 aliphatic rings. The van der Waals surface area contributed by atoms with Crippen molar-refractivity contribution in [2.24, 2.45) is 27.0 Å². The Morgan fingerprint density at radius 3 is 1.05 bits per heavy atom. The lowest BCUT2D eigenvalue weighted by atomic mass is 10.1. The van der Waals surface area contributed by atoms with Gasteiger partial charge in [0.05, 0.1) is 30.5 Å². The molecule has 644 valence electrons. The van der Waals surface area contributed by atoms with Gasteiger partial charge in [0, 0.05) is 94.5 Å². The van der Waals surface area contributed by atoms with E-state index in [2.05, 4.69) is 155 Å². The lowest BCUT2D eigenvalue weighted by Gasteiger charge is -2.34. The van der Waals surface area contributed by atoms with Crippen LogP contribution in [0.3, 0.4) is 0 Å². The number of aliphatic hydroxyl groups is 8. The average Bonchev–Trinajstić information content (AvgIpc) is 1.66. The molecule has 0 aliphatic carbocycles. The summed E-state index contributed by atoms with van der Waals surface area (Å²) in [5, 5.41) is 96.3. The van der Waals surface area contributed by atoms with E-state index in [0.29, 0.717) is 48.4 Å². The van der Waals surface area contributed by atoms with Crippen molar-refractivity contribution in [3.8, 4) is 0 Å². The molecule has 9 aliphatic heterocycles. The Morgan fingerprint density at radius 2 is 0.746 bits per heavy atom. The fraction of sp³-hybridized carbons (Fsp3) is 0.628. The zero-order valence-electron chi connectivity index (χ0n) is 70.7. The fourth-order valence-electron chi connectivity index (χ4n) is 13.3. The van der Waals surface area contributed by atoms with E-state index in [9.17, 15) is 45.6 Å². The predicted octanol–water partition coefficient (Wildman–Crippen LogP) is 3.18. The molecule has 1 aromatic rings. The fourth-order valence-corrected chi connectivity index (χ4v) is 18.0. The maximum Gasteiger partial charge on any atom is 0.331 e. The normalized spacial score (nSPS) is 31.7. The van der Waals surface area contributed by atoms with Crippen LogP contribution in [-0.2, 0) is 40.2 Å². The van der Waals surface area contributed by atoms with Gasteiger partial charge in [-0.3, -0.25) is 24.5 Å². The molecular formula is C78H136N15O16P5. The number of nitrogens with zero attached hydrogens (tertiary/aromatic N) is 12. The minimum atomic E-state index is -1.25. The van der Waals surface area contributed by atoms with E-state index in [0.717, 1.165) is 65.7 Å². The molecule has 10 rings (SSSR count). The highest BCUT2D eigenvalue weighted by molar-refractivity contribution is 7.73. The molecule has 20 atom stereocenters. The molecule has 5 saturated heterocycles. The van der Waals surface area contributed by atoms with E-state index < -0.39 is 145 Å². The highest BCUT2D eigenvalue weighted by Gasteiger charge is 2.51. The highest BCUT2D eigenvalue weighted by Crippen LogP contribution is 2.44. The predicted molar refractivity (Wildman–Crippen MR) is 476 cm³/mol. The van der Waals surface area contributed by atoms with Crippen molar-refractivity contribution in [2.45, 2.75) is 155 Å². The summed E-state index contributed by atoms with van der Waals surface area (Å²) in [6, 6.07) is 1.45. The van der Waals surface area contributed by atoms with Crippen molar-refractivity contribution in [3.63, 3.8) is 0 Å². The van der Waals surface area contributed by atoms with Crippen molar-refractivity contribution in [2.75, 3.05) is 154 Å². The van der Waals surface area contributed by atoms with Crippen LogP contribution in [0.5, 0.6) is 0 Å². The van der Waals surface area contributed by atoms with Crippen molar-refractivity contribution in [1.82, 2.24) is 49.2 Å². The van der Waals surface area contributed by atoms with Gasteiger partial charge in [-0.2, -0.15) is 0 Å². The Kier molecular flexibility index (Phi) is 35.5. The van der Waals surface area contributed by atoms with E-state index in [1.807, 2.05) is 78.4 Å². The number of ether oxygens (including phenoxy) is 7. The van der Waals surface area contributed by atoms with Gasteiger partial charge in [-0.05, 0) is 160 Å². The quantitative estimate of drug-likeness (QED) is 0.0743. The van der Waals surface area contributed by atoms with E-state index >= 15 is 0 Å². The first-order valence-electron chi connectivity index (χ1n) is 37.9. The number of methoxy groups -OCH3 is 2. The molecule has 10 heterocycles. The average molecular weight is 1690 g/mol. The van der Waals surface area contributed by atoms with Gasteiger partial charge in [0.25, 0.3) is 0 Å². The summed E-state index contributed by atoms with van der Waals surface area (Å²) in [6.45, 7) is 31.4. The van der Waals surface area contributed by atoms with Crippen molar-refractivity contribution in [1.29, 1.82) is 5.41 Å². The minimum Gasteiger partial charge on any atom is -0.388 e. The number of nitrogens with one attached hydrogen (secondary N) is 3. The van der Waals surface area contributed by atoms with Gasteiger partial charge in [-0.25, -0.2) is 14.8 Å². The van der Waals surface area contributed by atoms with Crippen molar-refractivity contribution < 1.29 is 74.0 Å². The van der Waals surface area contributed by atoms with Crippen molar-refractivity contribution in [3.05, 3.63) is 127 Å². The van der Waals surface area contributed by atoms with Crippen LogP contribution in [0.25, 0.3) is 0 Å². The lowest BCUT2D eigenvalue weighted by molar-refractivity contribution is -0.0709. The number of hydrogen-bond acceptors (Lipinski definition) is 27. The highest BCUT2D eigenvalue weighted by atomic mass is 31.2. The second kappa shape index (κ2) is 41.5. The van der Waals surface area contributed by atoms with E-state index in [1.165, 1.54) is 23.9 Å². The third-order valence-corrected chi connectivity index (χ3v) is 27.5. The second-order valence-corrected chi connectivity index (χ2v) is 55.2. The van der Waals surface area contributed by atoms with Gasteiger partial charge in [0.15, 0.2) is 31.1 Å². The van der Waals surface area contributed by atoms with Crippen LogP contribution in [0.2, 0.25) is 0 Å². The van der Waals surface area contributed by atoms with Gasteiger partial charge in [0.1, 0.15) is 113 Å². The molecule has 5 fully saturated rings. The van der Waals surface area contributed by atoms with Gasteiger partial charge in [-0.15, -0.1) is 65.9 Å². The van der Waals surface area contributed by atoms with Gasteiger partial charge in [-0.1, -0.05) is 26.3 Å². The van der Waals surface area contributed by atoms with E-state index in [-0.39, 0.29) is 23.8 Å². The summed E-state index contributed by atoms with van der Waals surface area (Å²) in [6.07, 6.45) is 31.9. The number of likely N-dealkylation sites (N-methyl/N-ethyl adjacent to an activating group) is 2. The summed E-state index contributed by atoms with van der Waals surface area (Å²) in [5.74, 6) is 5.30. The summed E-state index contributed by atoms with van der Waals surface area (Å²) >= 11 is 0. The first-order chi connectivity index (χ1) is 52.8. The lowest BCUT2D eigenvalue weighted by Crippen LogP contribution is -2.47. The van der Waals surface area contributed by atoms with E-state index in [1.54, 1.807) is 56.6 Å². The van der Waals surface area contributed by atoms with Crippen LogP contribution in [0.15, 0.2) is 136 Å². The number of aromatic nitrogens is 2. The van der Waals surface area contributed by atoms with Gasteiger partial charge in [0.2, 0.25) is 0 Å². The number of aliphatic imine (C=N–C) groups is 4. The number of aliphatic hydroxyl groups excluding tert-OH is 8. The standard InChI is InChI=1S/C17H30N3O3P.2C16H28N3O3P.C15H26N3O3P.C14H24N3O4P/c1-12-18-14(19(2)3)8-10-20(12)17-16(22-4)15(21)13(23-17)9-11-24(5,6)7;1-11-17-13(18(2)3)7-9-19(11)16-15(21)14(20)12(22-16)8-10-23(4,5)6;1-11-18-13(17-2)7-9-19(11)16-15(21-3)14(20)12(22-16)8-10-23(4,5)6;1-10-17-12(16-2)6-8-18(10)15-14(20)13(19)11(21-15)7-9-22(3,4)5;1-16-10(15)5-7-17(14(16)20)13-12(19)11(18)9(21-13)6-8-22(2,3)4/h8,10,13,15-17,21H,1,5,9,11H2,2-4,6-7H3;7,9,12,14-16,20-21H,1,4,8,10H2,2-3,5-6H3;7,9,12,14-16,20H,1,4,8,10H2,2-3,5-6H3,(H,17,18);6,8,11,13-15,19-20H,1,3,7,9H2,2,4-5H3,(H,16,17);5,7,9,11-13,15,18-19H,2,6,8H2,1,3-4H3/t13-,15-,16-,17?;2*12-,14-,15-,16?;11-,13-,14-,15?;9-,11-,12-,13?/m11111/s1. The molecule has 0 amide bonds. The summed E-state index contributed by atoms with van der Waals surface area (Å²) in [5.41, 5.74) is -0.399. The monoisotopic (exact) mass is 1690 g/mol. The van der Waals surface area contributed by atoms with E-state index in [4.69, 9.17) is 38.6 Å². The number of rotatable bonds is 22. The topological polar surface area (TPSA) is 370 Å². The number of hydrogen-bond donors (Lipinski definition) is 11. The molecule has 0 spiro atoms. The summed E-state index contributed by atoms with van der Waals surface area (Å²) in [7, 11) is 15.7. The third kappa shape index (κ3) is 27.0. The molecule has 1 aromatic heterocycles. The summed E-state index contributed by atoms with van der Waals surface area (Å²) in [4.78, 5) is 40.0. The van der Waals surface area contributed by atoms with Crippen LogP contribution in [-0.4, -0.2) is 405 Å². The number of amidine groups is 4. The first-order valence-corrected chi connectivity index (χ1v) is 53.2. The maximum absolute atomic E-state index is 12.2. The van der Waals surface area contributed by atoms with Crippen LogP contribution < -0.4 is 21.8 Å². The SMILES string of the molecule is C=C1N=C(N(C)C)C=CN1C1O[C@H](CCP(=C)(C)C)[C@@H](O)[C@H]1O.C=C1N=C(N(C)C)C=CN1C1O[C@H](CCP(=C)(C)C)[C@@H](O)[C@H]1OC.C=C1NC(=NC)C=CN1C1O[C@H](CCP(=C)(C)C)[C@@H](O)[C@H]1O.C=C1NC(=NC)C=CN1C1O[C@H](CCP(=C)(C)C)[C@@H](O)[C@H]1OC.C=P(C)(C)CC[C@H]1OC(n2ccc(=N)n(C)c2=O)[C@H](O)[C@@H]1O. The molecule has 0 aromatic carbocycles. The first kappa shape index (κ1) is 97.4. The zero-order valence-corrected chi connectivity index (χ0v) is 75.2.